The number of aliphatic carboxylic acids is 1. The third kappa shape index (κ3) is 3.43. The number of hydrogen-bond donors (Lipinski definition) is 2. The molecule has 1 fully saturated rings. The number of pyridine rings is 1. The monoisotopic (exact) mass is 316 g/mol. The van der Waals surface area contributed by atoms with Crippen molar-refractivity contribution in [3.05, 3.63) is 36.0 Å². The van der Waals surface area contributed by atoms with Crippen LogP contribution in [0.4, 0.5) is 0 Å². The van der Waals surface area contributed by atoms with E-state index in [1.165, 1.54) is 0 Å². The number of aliphatic hydroxyl groups is 1. The number of likely N-dealkylation sites (tertiary alicyclic amines) is 1. The fraction of sp³-hybridized carbons (Fsp3) is 0.412. The average Bonchev–Trinajstić information content (AvgIpc) is 2.88. The molecule has 0 radical (unpaired) electrons. The number of β-amino-alcohol motifs (C(OH)–C–C–N with tert-alkyl or cyclic N) is 1. The second-order valence-electron chi connectivity index (χ2n) is 5.76. The van der Waals surface area contributed by atoms with Gasteiger partial charge in [-0.3, -0.25) is 14.7 Å². The van der Waals surface area contributed by atoms with Crippen LogP contribution in [-0.4, -0.2) is 51.4 Å². The van der Waals surface area contributed by atoms with E-state index >= 15 is 0 Å². The fourth-order valence-electron chi connectivity index (χ4n) is 3.01. The quantitative estimate of drug-likeness (QED) is 0.873. The minimum atomic E-state index is -0.899. The summed E-state index contributed by atoms with van der Waals surface area (Å²) in [6.07, 6.45) is -0.328. The second kappa shape index (κ2) is 6.52. The van der Waals surface area contributed by atoms with Gasteiger partial charge in [-0.2, -0.15) is 0 Å². The standard InChI is InChI=1S/C17H20N2O4/c1-2-23-14-5-6-15-11(7-14)3-4-12(18-15)9-19-10-13(20)8-16(19)17(21)22/h3-7,13,16,20H,2,8-10H2,1H3,(H,21,22)/t13-,16+/m1/s1. The van der Waals surface area contributed by atoms with Crippen LogP contribution >= 0.6 is 0 Å². The van der Waals surface area contributed by atoms with E-state index in [1.54, 1.807) is 4.90 Å². The SMILES string of the molecule is CCOc1ccc2nc(CN3C[C@H](O)C[C@H]3C(=O)O)ccc2c1. The molecule has 23 heavy (non-hydrogen) atoms. The van der Waals surface area contributed by atoms with E-state index in [0.29, 0.717) is 19.7 Å². The highest BCUT2D eigenvalue weighted by molar-refractivity contribution is 5.80. The normalized spacial score (nSPS) is 21.7. The minimum Gasteiger partial charge on any atom is -0.494 e. The lowest BCUT2D eigenvalue weighted by atomic mass is 10.1. The van der Waals surface area contributed by atoms with Crippen LogP contribution in [0.5, 0.6) is 5.75 Å². The first kappa shape index (κ1) is 15.7. The van der Waals surface area contributed by atoms with Crippen molar-refractivity contribution < 1.29 is 19.7 Å². The predicted octanol–water partition coefficient (Wildman–Crippen LogP) is 1.65. The second-order valence-corrected chi connectivity index (χ2v) is 5.76. The van der Waals surface area contributed by atoms with Gasteiger partial charge in [0.2, 0.25) is 0 Å². The van der Waals surface area contributed by atoms with Gasteiger partial charge in [0.05, 0.1) is 23.9 Å². The van der Waals surface area contributed by atoms with Crippen molar-refractivity contribution >= 4 is 16.9 Å². The van der Waals surface area contributed by atoms with Gasteiger partial charge in [0.25, 0.3) is 0 Å². The molecule has 6 heteroatoms. The molecule has 0 spiro atoms. The van der Waals surface area contributed by atoms with Gasteiger partial charge in [-0.05, 0) is 31.2 Å². The van der Waals surface area contributed by atoms with E-state index in [4.69, 9.17) is 4.74 Å². The number of nitrogens with zero attached hydrogens (tertiary/aromatic N) is 2. The topological polar surface area (TPSA) is 82.9 Å². The summed E-state index contributed by atoms with van der Waals surface area (Å²) in [5, 5.41) is 19.9. The van der Waals surface area contributed by atoms with E-state index in [2.05, 4.69) is 4.98 Å². The highest BCUT2D eigenvalue weighted by Gasteiger charge is 2.35. The largest absolute Gasteiger partial charge is 0.494 e. The first-order valence-electron chi connectivity index (χ1n) is 7.74. The van der Waals surface area contributed by atoms with Gasteiger partial charge >= 0.3 is 5.97 Å². The van der Waals surface area contributed by atoms with E-state index in [-0.39, 0.29) is 6.42 Å². The molecule has 2 atom stereocenters. The van der Waals surface area contributed by atoms with Crippen LogP contribution in [0.15, 0.2) is 30.3 Å². The molecule has 1 aromatic carbocycles. The summed E-state index contributed by atoms with van der Waals surface area (Å²) >= 11 is 0. The molecule has 1 aliphatic rings. The maximum atomic E-state index is 11.3. The Morgan fingerprint density at radius 2 is 2.22 bits per heavy atom. The van der Waals surface area contributed by atoms with Crippen molar-refractivity contribution in [3.63, 3.8) is 0 Å². The molecule has 122 valence electrons. The lowest BCUT2D eigenvalue weighted by molar-refractivity contribution is -0.142. The Morgan fingerprint density at radius 1 is 1.39 bits per heavy atom. The van der Waals surface area contributed by atoms with E-state index in [9.17, 15) is 15.0 Å². The first-order chi connectivity index (χ1) is 11.1. The number of carboxylic acid groups (broad SMARTS) is 1. The summed E-state index contributed by atoms with van der Waals surface area (Å²) in [4.78, 5) is 17.6. The van der Waals surface area contributed by atoms with E-state index < -0.39 is 18.1 Å². The number of aromatic nitrogens is 1. The van der Waals surface area contributed by atoms with E-state index in [1.807, 2.05) is 37.3 Å². The smallest absolute Gasteiger partial charge is 0.321 e. The van der Waals surface area contributed by atoms with Crippen LogP contribution in [0, 0.1) is 0 Å². The molecular weight excluding hydrogens is 296 g/mol. The summed E-state index contributed by atoms with van der Waals surface area (Å²) in [7, 11) is 0. The number of hydrogen-bond acceptors (Lipinski definition) is 5. The Morgan fingerprint density at radius 3 is 2.96 bits per heavy atom. The molecule has 1 saturated heterocycles. The third-order valence-electron chi connectivity index (χ3n) is 4.06. The van der Waals surface area contributed by atoms with Crippen LogP contribution in [0.25, 0.3) is 10.9 Å². The molecule has 0 bridgehead atoms. The van der Waals surface area contributed by atoms with Gasteiger partial charge in [0, 0.05) is 24.9 Å². The zero-order valence-corrected chi connectivity index (χ0v) is 13.0. The Kier molecular flexibility index (Phi) is 4.45. The zero-order valence-electron chi connectivity index (χ0n) is 13.0. The third-order valence-corrected chi connectivity index (χ3v) is 4.06. The number of carbonyl (C=O) groups is 1. The Hall–Kier alpha value is -2.18. The molecular formula is C17H20N2O4. The molecule has 0 saturated carbocycles. The van der Waals surface area contributed by atoms with Crippen molar-refractivity contribution in [1.82, 2.24) is 9.88 Å². The van der Waals surface area contributed by atoms with Gasteiger partial charge in [-0.25, -0.2) is 0 Å². The minimum absolute atomic E-state index is 0.265. The van der Waals surface area contributed by atoms with Crippen molar-refractivity contribution in [2.45, 2.75) is 32.0 Å². The fourth-order valence-corrected chi connectivity index (χ4v) is 3.01. The van der Waals surface area contributed by atoms with Crippen LogP contribution in [0.2, 0.25) is 0 Å². The van der Waals surface area contributed by atoms with Gasteiger partial charge in [0.1, 0.15) is 11.8 Å². The van der Waals surface area contributed by atoms with Crippen molar-refractivity contribution in [1.29, 1.82) is 0 Å². The summed E-state index contributed by atoms with van der Waals surface area (Å²) in [6.45, 7) is 3.33. The number of carboxylic acids is 1. The first-order valence-corrected chi connectivity index (χ1v) is 7.74. The van der Waals surface area contributed by atoms with Crippen LogP contribution in [-0.2, 0) is 11.3 Å². The number of benzene rings is 1. The molecule has 2 N–H and O–H groups in total. The molecule has 2 aromatic rings. The van der Waals surface area contributed by atoms with Gasteiger partial charge in [-0.1, -0.05) is 6.07 Å². The van der Waals surface area contributed by atoms with Crippen LogP contribution < -0.4 is 4.74 Å². The number of rotatable bonds is 5. The van der Waals surface area contributed by atoms with Gasteiger partial charge in [0.15, 0.2) is 0 Å². The van der Waals surface area contributed by atoms with Crippen molar-refractivity contribution in [2.75, 3.05) is 13.2 Å². The molecule has 6 nitrogen and oxygen atoms in total. The lowest BCUT2D eigenvalue weighted by Crippen LogP contribution is -2.35. The van der Waals surface area contributed by atoms with Gasteiger partial charge < -0.3 is 14.9 Å². The summed E-state index contributed by atoms with van der Waals surface area (Å²) in [6, 6.07) is 8.92. The van der Waals surface area contributed by atoms with Crippen LogP contribution in [0.1, 0.15) is 19.0 Å². The maximum Gasteiger partial charge on any atom is 0.321 e. The Labute approximate surface area is 134 Å². The number of aliphatic hydroxyl groups excluding tert-OH is 1. The average molecular weight is 316 g/mol. The molecule has 0 unspecified atom stereocenters. The van der Waals surface area contributed by atoms with Gasteiger partial charge in [-0.15, -0.1) is 0 Å². The highest BCUT2D eigenvalue weighted by atomic mass is 16.5. The Balaban J connectivity index is 1.80. The van der Waals surface area contributed by atoms with Crippen molar-refractivity contribution in [2.24, 2.45) is 0 Å². The van der Waals surface area contributed by atoms with Crippen LogP contribution in [0.3, 0.4) is 0 Å². The lowest BCUT2D eigenvalue weighted by Gasteiger charge is -2.20. The highest BCUT2D eigenvalue weighted by Crippen LogP contribution is 2.23. The zero-order chi connectivity index (χ0) is 16.4. The Bertz CT molecular complexity index is 719. The number of ether oxygens (including phenoxy) is 1. The van der Waals surface area contributed by atoms with E-state index in [0.717, 1.165) is 22.3 Å². The number of fused-ring (bicyclic) bond motifs is 1. The van der Waals surface area contributed by atoms with Crippen molar-refractivity contribution in [3.8, 4) is 5.75 Å². The summed E-state index contributed by atoms with van der Waals surface area (Å²) in [5.74, 6) is -0.0909. The molecule has 1 aromatic heterocycles. The summed E-state index contributed by atoms with van der Waals surface area (Å²) in [5.41, 5.74) is 1.64. The maximum absolute atomic E-state index is 11.3. The predicted molar refractivity (Wildman–Crippen MR) is 85.4 cm³/mol. The molecule has 0 amide bonds. The molecule has 0 aliphatic carbocycles. The molecule has 2 heterocycles. The summed E-state index contributed by atoms with van der Waals surface area (Å²) < 4.78 is 5.47. The molecule has 3 rings (SSSR count). The molecule has 1 aliphatic heterocycles.